The summed E-state index contributed by atoms with van der Waals surface area (Å²) in [5.41, 5.74) is 1.36. The highest BCUT2D eigenvalue weighted by Crippen LogP contribution is 2.47. The van der Waals surface area contributed by atoms with Crippen LogP contribution in [0, 0.1) is 35.5 Å². The van der Waals surface area contributed by atoms with Gasteiger partial charge in [-0.05, 0) is 69.1 Å². The lowest BCUT2D eigenvalue weighted by Gasteiger charge is -2.29. The standard InChI is InChI=1S/C23H34O2/c1-15(12-21-19-9-5-3-7-17(19)14-23(21)25)10-11-20-18-8-4-2-6-16(18)13-22(20)24/h10,16-21H,2-9,11-14H2,1H3/b15-10+/t16-,17-,18+,19+,20-,21?/m1/s1. The summed E-state index contributed by atoms with van der Waals surface area (Å²) in [6.07, 6.45) is 16.2. The molecular formula is C23H34O2. The van der Waals surface area contributed by atoms with E-state index in [2.05, 4.69) is 13.0 Å². The minimum absolute atomic E-state index is 0.280. The molecule has 0 radical (unpaired) electrons. The van der Waals surface area contributed by atoms with Gasteiger partial charge in [-0.1, -0.05) is 37.3 Å². The van der Waals surface area contributed by atoms with Crippen molar-refractivity contribution in [2.24, 2.45) is 35.5 Å². The molecule has 2 heteroatoms. The second kappa shape index (κ2) is 7.37. The minimum Gasteiger partial charge on any atom is -0.299 e. The van der Waals surface area contributed by atoms with Crippen molar-refractivity contribution >= 4 is 11.6 Å². The summed E-state index contributed by atoms with van der Waals surface area (Å²) in [4.78, 5) is 24.9. The van der Waals surface area contributed by atoms with Crippen LogP contribution in [0.15, 0.2) is 11.6 Å². The molecule has 4 fully saturated rings. The number of ketones is 2. The molecule has 1 unspecified atom stereocenters. The van der Waals surface area contributed by atoms with Crippen molar-refractivity contribution in [1.82, 2.24) is 0 Å². The molecule has 0 heterocycles. The van der Waals surface area contributed by atoms with Gasteiger partial charge in [0.2, 0.25) is 0 Å². The quantitative estimate of drug-likeness (QED) is 0.632. The van der Waals surface area contributed by atoms with E-state index in [1.807, 2.05) is 0 Å². The number of carbonyl (C=O) groups is 2. The Morgan fingerprint density at radius 1 is 0.840 bits per heavy atom. The van der Waals surface area contributed by atoms with Crippen LogP contribution in [0.4, 0.5) is 0 Å². The van der Waals surface area contributed by atoms with Gasteiger partial charge >= 0.3 is 0 Å². The third-order valence-corrected chi connectivity index (χ3v) is 7.99. The number of hydrogen-bond acceptors (Lipinski definition) is 2. The van der Waals surface area contributed by atoms with E-state index in [0.717, 1.165) is 25.7 Å². The lowest BCUT2D eigenvalue weighted by atomic mass is 9.75. The van der Waals surface area contributed by atoms with Gasteiger partial charge in [0, 0.05) is 24.7 Å². The summed E-state index contributed by atoms with van der Waals surface area (Å²) in [7, 11) is 0. The zero-order chi connectivity index (χ0) is 17.4. The summed E-state index contributed by atoms with van der Waals surface area (Å²) >= 11 is 0. The largest absolute Gasteiger partial charge is 0.299 e. The van der Waals surface area contributed by atoms with Crippen molar-refractivity contribution in [3.05, 3.63) is 11.6 Å². The van der Waals surface area contributed by atoms with E-state index in [1.165, 1.54) is 56.9 Å². The molecule has 138 valence electrons. The van der Waals surface area contributed by atoms with E-state index in [-0.39, 0.29) is 11.8 Å². The number of rotatable bonds is 4. The van der Waals surface area contributed by atoms with E-state index >= 15 is 0 Å². The van der Waals surface area contributed by atoms with Gasteiger partial charge in [0.15, 0.2) is 0 Å². The van der Waals surface area contributed by atoms with Gasteiger partial charge in [-0.2, -0.15) is 0 Å². The Hall–Kier alpha value is -0.920. The molecule has 0 spiro atoms. The average molecular weight is 343 g/mol. The SMILES string of the molecule is C/C(=C\C[C@H]1C(=O)C[C@H]2CCCC[C@@H]21)CC1C(=O)C[C@H]2CCCC[C@H]12. The minimum atomic E-state index is 0.280. The van der Waals surface area contributed by atoms with Gasteiger partial charge in [0.1, 0.15) is 11.6 Å². The van der Waals surface area contributed by atoms with Gasteiger partial charge in [0.05, 0.1) is 0 Å². The molecular weight excluding hydrogens is 308 g/mol. The van der Waals surface area contributed by atoms with Gasteiger partial charge in [-0.25, -0.2) is 0 Å². The van der Waals surface area contributed by atoms with Crippen LogP contribution in [-0.2, 0) is 9.59 Å². The number of hydrogen-bond donors (Lipinski definition) is 0. The highest BCUT2D eigenvalue weighted by atomic mass is 16.1. The normalized spacial score (nSPS) is 41.7. The third-order valence-electron chi connectivity index (χ3n) is 7.99. The molecule has 4 aliphatic rings. The summed E-state index contributed by atoms with van der Waals surface area (Å²) in [5, 5.41) is 0. The Balaban J connectivity index is 1.37. The van der Waals surface area contributed by atoms with E-state index in [9.17, 15) is 9.59 Å². The number of allylic oxidation sites excluding steroid dienone is 2. The van der Waals surface area contributed by atoms with Crippen LogP contribution in [0.1, 0.15) is 84.0 Å². The van der Waals surface area contributed by atoms with E-state index in [1.54, 1.807) is 0 Å². The molecule has 4 rings (SSSR count). The van der Waals surface area contributed by atoms with Crippen LogP contribution in [-0.4, -0.2) is 11.6 Å². The van der Waals surface area contributed by atoms with Crippen LogP contribution >= 0.6 is 0 Å². The average Bonchev–Trinajstić information content (AvgIpc) is 3.09. The molecule has 0 bridgehead atoms. The van der Waals surface area contributed by atoms with Crippen LogP contribution in [0.25, 0.3) is 0 Å². The zero-order valence-electron chi connectivity index (χ0n) is 15.8. The van der Waals surface area contributed by atoms with Crippen molar-refractivity contribution in [3.8, 4) is 0 Å². The van der Waals surface area contributed by atoms with E-state index in [0.29, 0.717) is 35.2 Å². The Labute approximate surface area is 152 Å². The molecule has 0 aromatic heterocycles. The number of carbonyl (C=O) groups excluding carboxylic acids is 2. The fourth-order valence-corrected chi connectivity index (χ4v) is 6.67. The third kappa shape index (κ3) is 3.51. The Morgan fingerprint density at radius 3 is 2.00 bits per heavy atom. The molecule has 4 saturated carbocycles. The van der Waals surface area contributed by atoms with Crippen molar-refractivity contribution in [1.29, 1.82) is 0 Å². The van der Waals surface area contributed by atoms with Gasteiger partial charge < -0.3 is 0 Å². The first-order chi connectivity index (χ1) is 12.1. The van der Waals surface area contributed by atoms with E-state index in [4.69, 9.17) is 0 Å². The first-order valence-corrected chi connectivity index (χ1v) is 10.8. The maximum atomic E-state index is 12.5. The molecule has 0 amide bonds. The number of Topliss-reactive ketones (excluding diaryl/α,β-unsaturated/α-hetero) is 2. The fourth-order valence-electron chi connectivity index (χ4n) is 6.67. The molecule has 0 N–H and O–H groups in total. The first-order valence-electron chi connectivity index (χ1n) is 10.8. The van der Waals surface area contributed by atoms with Crippen LogP contribution in [0.2, 0.25) is 0 Å². The van der Waals surface area contributed by atoms with Gasteiger partial charge in [-0.15, -0.1) is 0 Å². The maximum Gasteiger partial charge on any atom is 0.136 e. The van der Waals surface area contributed by atoms with Crippen LogP contribution in [0.3, 0.4) is 0 Å². The first kappa shape index (κ1) is 17.5. The molecule has 0 aromatic rings. The molecule has 2 nitrogen and oxygen atoms in total. The fraction of sp³-hybridized carbons (Fsp3) is 0.826. The Morgan fingerprint density at radius 2 is 1.36 bits per heavy atom. The zero-order valence-corrected chi connectivity index (χ0v) is 15.8. The molecule has 25 heavy (non-hydrogen) atoms. The molecule has 0 aromatic carbocycles. The van der Waals surface area contributed by atoms with Crippen molar-refractivity contribution in [2.75, 3.05) is 0 Å². The molecule has 4 aliphatic carbocycles. The predicted molar refractivity (Wildman–Crippen MR) is 100 cm³/mol. The highest BCUT2D eigenvalue weighted by Gasteiger charge is 2.44. The number of fused-ring (bicyclic) bond motifs is 2. The van der Waals surface area contributed by atoms with Gasteiger partial charge in [0.25, 0.3) is 0 Å². The topological polar surface area (TPSA) is 34.1 Å². The lowest BCUT2D eigenvalue weighted by Crippen LogP contribution is -2.21. The van der Waals surface area contributed by atoms with Crippen LogP contribution in [0.5, 0.6) is 0 Å². The lowest BCUT2D eigenvalue weighted by molar-refractivity contribution is -0.122. The summed E-state index contributed by atoms with van der Waals surface area (Å²) in [5.74, 6) is 4.27. The highest BCUT2D eigenvalue weighted by molar-refractivity contribution is 5.84. The summed E-state index contributed by atoms with van der Waals surface area (Å²) < 4.78 is 0. The summed E-state index contributed by atoms with van der Waals surface area (Å²) in [6.45, 7) is 2.20. The Kier molecular flexibility index (Phi) is 5.15. The van der Waals surface area contributed by atoms with E-state index < -0.39 is 0 Å². The monoisotopic (exact) mass is 342 g/mol. The van der Waals surface area contributed by atoms with Gasteiger partial charge in [-0.3, -0.25) is 9.59 Å². The van der Waals surface area contributed by atoms with Crippen LogP contribution < -0.4 is 0 Å². The van der Waals surface area contributed by atoms with Crippen molar-refractivity contribution in [3.63, 3.8) is 0 Å². The summed E-state index contributed by atoms with van der Waals surface area (Å²) in [6, 6.07) is 0. The second-order valence-corrected chi connectivity index (χ2v) is 9.46. The van der Waals surface area contributed by atoms with Crippen molar-refractivity contribution in [2.45, 2.75) is 84.0 Å². The predicted octanol–water partition coefficient (Wildman–Crippen LogP) is 5.50. The maximum absolute atomic E-state index is 12.5. The molecule has 0 saturated heterocycles. The van der Waals surface area contributed by atoms with Crippen molar-refractivity contribution < 1.29 is 9.59 Å². The Bertz CT molecular complexity index is 560. The smallest absolute Gasteiger partial charge is 0.136 e. The molecule has 0 aliphatic heterocycles. The molecule has 6 atom stereocenters. The second-order valence-electron chi connectivity index (χ2n) is 9.46.